The number of fused-ring (bicyclic) bond motifs is 17. The minimum atomic E-state index is -1.65. The molecule has 0 bridgehead atoms. The molecule has 2 unspecified atom stereocenters. The molecule has 344 valence electrons. The fourth-order valence-electron chi connectivity index (χ4n) is 14.6. The first-order valence-electron chi connectivity index (χ1n) is 26.2. The van der Waals surface area contributed by atoms with E-state index in [4.69, 9.17) is 0 Å². The normalized spacial score (nSPS) is 19.1. The zero-order valence-corrected chi connectivity index (χ0v) is 41.8. The molecule has 0 N–H and O–H groups in total. The molecule has 0 saturated heterocycles. The molecule has 3 heteroatoms. The number of para-hydroxylation sites is 2. The van der Waals surface area contributed by atoms with Crippen molar-refractivity contribution in [2.24, 2.45) is 0 Å². The highest BCUT2D eigenvalue weighted by Crippen LogP contribution is 2.60. The number of aryl methyl sites for hydroxylation is 2. The Morgan fingerprint density at radius 1 is 0.306 bits per heavy atom. The third-order valence-electron chi connectivity index (χ3n) is 17.6. The van der Waals surface area contributed by atoms with Gasteiger partial charge in [-0.2, -0.15) is 0 Å². The highest BCUT2D eigenvalue weighted by atomic mass is 28.3. The Morgan fingerprint density at radius 2 is 0.653 bits per heavy atom. The number of rotatable bonds is 6. The molecule has 2 spiro atoms. The van der Waals surface area contributed by atoms with Crippen LogP contribution in [0.3, 0.4) is 0 Å². The van der Waals surface area contributed by atoms with Gasteiger partial charge in [0.25, 0.3) is 0 Å². The summed E-state index contributed by atoms with van der Waals surface area (Å²) in [5, 5.41) is 3.01. The van der Waals surface area contributed by atoms with Gasteiger partial charge in [0.2, 0.25) is 0 Å². The van der Waals surface area contributed by atoms with Gasteiger partial charge in [-0.05, 0) is 200 Å². The minimum absolute atomic E-state index is 0.168. The van der Waals surface area contributed by atoms with E-state index in [9.17, 15) is 0 Å². The van der Waals surface area contributed by atoms with Crippen molar-refractivity contribution in [1.29, 1.82) is 0 Å². The molecule has 0 saturated carbocycles. The molecular weight excluding hydrogens is 885 g/mol. The van der Waals surface area contributed by atoms with Gasteiger partial charge in [-0.3, -0.25) is 0 Å². The van der Waals surface area contributed by atoms with Crippen LogP contribution in [0.25, 0.3) is 33.4 Å². The number of hydrogen-bond acceptors (Lipinski definition) is 2. The Morgan fingerprint density at radius 3 is 1.10 bits per heavy atom. The molecule has 15 rings (SSSR count). The first-order chi connectivity index (χ1) is 35.6. The summed E-state index contributed by atoms with van der Waals surface area (Å²) in [5.74, 6) is 0. The van der Waals surface area contributed by atoms with Crippen molar-refractivity contribution in [1.82, 2.24) is 0 Å². The van der Waals surface area contributed by atoms with Gasteiger partial charge < -0.3 is 9.80 Å². The molecule has 5 aliphatic rings. The van der Waals surface area contributed by atoms with Crippen LogP contribution in [-0.4, -0.2) is 8.80 Å². The summed E-state index contributed by atoms with van der Waals surface area (Å²) in [4.78, 5) is 5.03. The van der Waals surface area contributed by atoms with E-state index in [2.05, 4.69) is 247 Å². The highest BCUT2D eigenvalue weighted by Gasteiger charge is 2.48. The zero-order valence-electron chi connectivity index (χ0n) is 40.7. The Labute approximate surface area is 425 Å². The van der Waals surface area contributed by atoms with Gasteiger partial charge in [0.15, 0.2) is 0 Å². The van der Waals surface area contributed by atoms with E-state index in [-0.39, 0.29) is 10.8 Å². The van der Waals surface area contributed by atoms with Crippen molar-refractivity contribution in [2.45, 2.75) is 55.9 Å². The fraction of sp³-hybridized carbons (Fsp3) is 0.130. The average molecular weight is 939 g/mol. The Balaban J connectivity index is 0.835. The standard InChI is InChI=1S/C69H54N2Si/c1-72-66-44-52(70(48-22-4-2-5-23-48)50-32-36-56-54-26-10-14-30-62(54)68(64(56)42-50)40-16-20-46-18-8-12-28-60(46)68)34-38-58(66)59-39-35-53(45-67(59)72)71(49-24-6-3-7-25-49)51-33-37-57-55-27-11-15-31-63(55)69(65(57)43-51)41-17-21-47-19-9-13-29-61(47)69/h2-15,18-19,22-39,42-45,72H,16-17,20-21,40-41H2,1H3. The number of hydrogen-bond donors (Lipinski definition) is 0. The summed E-state index contributed by atoms with van der Waals surface area (Å²) < 4.78 is 0. The van der Waals surface area contributed by atoms with E-state index >= 15 is 0 Å². The molecule has 1 aliphatic heterocycles. The van der Waals surface area contributed by atoms with Gasteiger partial charge in [-0.25, -0.2) is 0 Å². The van der Waals surface area contributed by atoms with Crippen molar-refractivity contribution >= 4 is 53.3 Å². The van der Waals surface area contributed by atoms with Crippen LogP contribution in [-0.2, 0) is 23.7 Å². The van der Waals surface area contributed by atoms with Crippen molar-refractivity contribution in [2.75, 3.05) is 9.80 Å². The van der Waals surface area contributed by atoms with Crippen LogP contribution in [0.4, 0.5) is 34.1 Å². The second-order valence-electron chi connectivity index (χ2n) is 21.0. The Hall–Kier alpha value is -7.98. The van der Waals surface area contributed by atoms with Crippen molar-refractivity contribution in [3.05, 3.63) is 275 Å². The fourth-order valence-corrected chi connectivity index (χ4v) is 17.2. The lowest BCUT2D eigenvalue weighted by atomic mass is 9.64. The van der Waals surface area contributed by atoms with E-state index in [1.54, 1.807) is 0 Å². The highest BCUT2D eigenvalue weighted by molar-refractivity contribution is 6.88. The Bertz CT molecular complexity index is 3570. The lowest BCUT2D eigenvalue weighted by molar-refractivity contribution is 0.507. The van der Waals surface area contributed by atoms with Crippen LogP contribution in [0.15, 0.2) is 231 Å². The summed E-state index contributed by atoms with van der Waals surface area (Å²) in [6.45, 7) is 2.55. The maximum absolute atomic E-state index is 2.55. The summed E-state index contributed by atoms with van der Waals surface area (Å²) >= 11 is 0. The van der Waals surface area contributed by atoms with E-state index in [0.29, 0.717) is 0 Å². The predicted octanol–water partition coefficient (Wildman–Crippen LogP) is 15.9. The van der Waals surface area contributed by atoms with Gasteiger partial charge in [-0.1, -0.05) is 164 Å². The molecule has 10 aromatic rings. The number of nitrogens with zero attached hydrogens (tertiary/aromatic N) is 2. The van der Waals surface area contributed by atoms with Gasteiger partial charge in [0, 0.05) is 45.0 Å². The molecule has 10 aromatic carbocycles. The van der Waals surface area contributed by atoms with Crippen molar-refractivity contribution in [3.63, 3.8) is 0 Å². The van der Waals surface area contributed by atoms with E-state index in [0.717, 1.165) is 25.7 Å². The van der Waals surface area contributed by atoms with Crippen molar-refractivity contribution < 1.29 is 0 Å². The molecule has 0 radical (unpaired) electrons. The lowest BCUT2D eigenvalue weighted by Crippen LogP contribution is -2.35. The molecule has 2 atom stereocenters. The van der Waals surface area contributed by atoms with E-state index < -0.39 is 8.80 Å². The smallest absolute Gasteiger partial charge is 0.101 e. The molecule has 72 heavy (non-hydrogen) atoms. The monoisotopic (exact) mass is 938 g/mol. The van der Waals surface area contributed by atoms with Crippen LogP contribution in [0.1, 0.15) is 70.2 Å². The van der Waals surface area contributed by atoms with Crippen molar-refractivity contribution in [3.8, 4) is 33.4 Å². The quantitative estimate of drug-likeness (QED) is 0.153. The third kappa shape index (κ3) is 5.89. The Kier molecular flexibility index (Phi) is 9.29. The SMILES string of the molecule is C[SiH]1c2cc(N(c3ccccc3)c3ccc4c(c3)C3(CCCc5ccccc53)c3ccccc3-4)ccc2-c2ccc(N(c3ccccc3)c3ccc4c(c3)C3(CCCc5ccccc53)c3ccccc3-4)cc21. The summed E-state index contributed by atoms with van der Waals surface area (Å²) in [6.07, 6.45) is 6.85. The largest absolute Gasteiger partial charge is 0.310 e. The van der Waals surface area contributed by atoms with Crippen LogP contribution in [0.2, 0.25) is 6.55 Å². The van der Waals surface area contributed by atoms with Gasteiger partial charge >= 0.3 is 0 Å². The maximum atomic E-state index is 2.55. The average Bonchev–Trinajstić information content (AvgIpc) is 3.99. The minimum Gasteiger partial charge on any atom is -0.310 e. The molecule has 0 aromatic heterocycles. The third-order valence-corrected chi connectivity index (χ3v) is 20.4. The van der Waals surface area contributed by atoms with Crippen LogP contribution in [0.5, 0.6) is 0 Å². The lowest BCUT2D eigenvalue weighted by Gasteiger charge is -2.38. The van der Waals surface area contributed by atoms with E-state index in [1.165, 1.54) is 135 Å². The summed E-state index contributed by atoms with van der Waals surface area (Å²) in [6, 6.07) is 88.3. The number of anilines is 6. The topological polar surface area (TPSA) is 6.48 Å². The first kappa shape index (κ1) is 41.8. The van der Waals surface area contributed by atoms with E-state index in [1.807, 2.05) is 0 Å². The van der Waals surface area contributed by atoms with Crippen LogP contribution >= 0.6 is 0 Å². The maximum Gasteiger partial charge on any atom is 0.101 e. The van der Waals surface area contributed by atoms with Gasteiger partial charge in [-0.15, -0.1) is 0 Å². The predicted molar refractivity (Wildman–Crippen MR) is 303 cm³/mol. The summed E-state index contributed by atoms with van der Waals surface area (Å²) in [7, 11) is -1.65. The molecular formula is C69H54N2Si. The van der Waals surface area contributed by atoms with Crippen LogP contribution in [0, 0.1) is 0 Å². The second kappa shape index (κ2) is 16.0. The second-order valence-corrected chi connectivity index (χ2v) is 23.7. The first-order valence-corrected chi connectivity index (χ1v) is 28.6. The summed E-state index contributed by atoms with van der Waals surface area (Å²) in [5.41, 5.74) is 26.8. The van der Waals surface area contributed by atoms with Gasteiger partial charge in [0.1, 0.15) is 8.80 Å². The number of benzene rings is 10. The molecule has 1 heterocycles. The molecule has 4 aliphatic carbocycles. The zero-order chi connectivity index (χ0) is 47.5. The van der Waals surface area contributed by atoms with Crippen LogP contribution < -0.4 is 20.2 Å². The molecule has 0 amide bonds. The molecule has 2 nitrogen and oxygen atoms in total. The van der Waals surface area contributed by atoms with Gasteiger partial charge in [0.05, 0.1) is 0 Å². The molecule has 0 fully saturated rings.